The van der Waals surface area contributed by atoms with Gasteiger partial charge >= 0.3 is 0 Å². The lowest BCUT2D eigenvalue weighted by molar-refractivity contribution is 0.0446. The molecule has 15 heavy (non-hydrogen) atoms. The van der Waals surface area contributed by atoms with Crippen LogP contribution in [0.2, 0.25) is 0 Å². The van der Waals surface area contributed by atoms with E-state index in [2.05, 4.69) is 17.1 Å². The Morgan fingerprint density at radius 3 is 2.53 bits per heavy atom. The molecule has 1 N–H and O–H groups in total. The second-order valence-electron chi connectivity index (χ2n) is 5.15. The minimum Gasteiger partial charge on any atom is -0.381 e. The topological polar surface area (TPSA) is 24.5 Å². The van der Waals surface area contributed by atoms with E-state index in [1.165, 1.54) is 32.5 Å². The average Bonchev–Trinajstić information content (AvgIpc) is 2.71. The maximum absolute atomic E-state index is 5.39. The Morgan fingerprint density at radius 1 is 1.20 bits per heavy atom. The van der Waals surface area contributed by atoms with Crippen molar-refractivity contribution in [1.82, 2.24) is 10.2 Å². The number of ether oxygens (including phenoxy) is 1. The summed E-state index contributed by atoms with van der Waals surface area (Å²) in [7, 11) is 0. The van der Waals surface area contributed by atoms with Crippen LogP contribution in [0.3, 0.4) is 0 Å². The van der Waals surface area contributed by atoms with Gasteiger partial charge in [0.05, 0.1) is 0 Å². The summed E-state index contributed by atoms with van der Waals surface area (Å²) in [6.45, 7) is 9.15. The fourth-order valence-electron chi connectivity index (χ4n) is 2.52. The van der Waals surface area contributed by atoms with E-state index in [0.717, 1.165) is 32.6 Å². The van der Waals surface area contributed by atoms with Gasteiger partial charge in [-0.15, -0.1) is 0 Å². The molecule has 88 valence electrons. The Labute approximate surface area is 93.2 Å². The molecule has 0 aromatic carbocycles. The Morgan fingerprint density at radius 2 is 1.87 bits per heavy atom. The lowest BCUT2D eigenvalue weighted by atomic mass is 9.92. The highest BCUT2D eigenvalue weighted by atomic mass is 16.5. The number of nitrogens with zero attached hydrogens (tertiary/aromatic N) is 1. The predicted octanol–water partition coefficient (Wildman–Crippen LogP) is 1.24. The number of rotatable bonds is 4. The molecule has 3 nitrogen and oxygen atoms in total. The summed E-state index contributed by atoms with van der Waals surface area (Å²) in [5.41, 5.74) is 0.331. The zero-order valence-corrected chi connectivity index (χ0v) is 9.93. The van der Waals surface area contributed by atoms with Crippen LogP contribution in [0.1, 0.15) is 32.6 Å². The molecule has 0 aromatic rings. The highest BCUT2D eigenvalue weighted by Gasteiger charge is 2.26. The summed E-state index contributed by atoms with van der Waals surface area (Å²) < 4.78 is 5.39. The standard InChI is InChI=1S/C12H24N2O/c1-12(4-10-15-11-5-12)13-6-9-14-7-2-3-8-14/h13H,2-11H2,1H3. The molecule has 3 heteroatoms. The van der Waals surface area contributed by atoms with E-state index in [4.69, 9.17) is 4.74 Å². The first kappa shape index (κ1) is 11.4. The van der Waals surface area contributed by atoms with Crippen molar-refractivity contribution >= 4 is 0 Å². The van der Waals surface area contributed by atoms with E-state index in [0.29, 0.717) is 5.54 Å². The van der Waals surface area contributed by atoms with Gasteiger partial charge in [-0.3, -0.25) is 0 Å². The monoisotopic (exact) mass is 212 g/mol. The van der Waals surface area contributed by atoms with Gasteiger partial charge in [-0.05, 0) is 45.7 Å². The number of hydrogen-bond acceptors (Lipinski definition) is 3. The molecule has 2 aliphatic heterocycles. The summed E-state index contributed by atoms with van der Waals surface area (Å²) in [6, 6.07) is 0. The molecule has 0 saturated carbocycles. The van der Waals surface area contributed by atoms with Gasteiger partial charge in [0.15, 0.2) is 0 Å². The van der Waals surface area contributed by atoms with E-state index in [1.807, 2.05) is 0 Å². The van der Waals surface area contributed by atoms with Gasteiger partial charge in [0, 0.05) is 31.8 Å². The number of likely N-dealkylation sites (tertiary alicyclic amines) is 1. The zero-order valence-electron chi connectivity index (χ0n) is 9.93. The largest absolute Gasteiger partial charge is 0.381 e. The lowest BCUT2D eigenvalue weighted by Crippen LogP contribution is -2.49. The van der Waals surface area contributed by atoms with Crippen molar-refractivity contribution in [1.29, 1.82) is 0 Å². The van der Waals surface area contributed by atoms with E-state index < -0.39 is 0 Å². The SMILES string of the molecule is CC1(NCCN2CCCC2)CCOCC1. The molecule has 2 heterocycles. The molecule has 0 unspecified atom stereocenters. The Balaban J connectivity index is 1.63. The van der Waals surface area contributed by atoms with Crippen LogP contribution >= 0.6 is 0 Å². The van der Waals surface area contributed by atoms with Crippen LogP contribution in [0, 0.1) is 0 Å². The molecular formula is C12H24N2O. The van der Waals surface area contributed by atoms with Gasteiger partial charge < -0.3 is 15.0 Å². The zero-order chi connectivity index (χ0) is 10.6. The Hall–Kier alpha value is -0.120. The first-order chi connectivity index (χ1) is 7.29. The van der Waals surface area contributed by atoms with Gasteiger partial charge in [0.2, 0.25) is 0 Å². The fourth-order valence-corrected chi connectivity index (χ4v) is 2.52. The van der Waals surface area contributed by atoms with Gasteiger partial charge in [0.25, 0.3) is 0 Å². The van der Waals surface area contributed by atoms with Crippen molar-refractivity contribution in [2.24, 2.45) is 0 Å². The highest BCUT2D eigenvalue weighted by Crippen LogP contribution is 2.19. The number of hydrogen-bond donors (Lipinski definition) is 1. The van der Waals surface area contributed by atoms with E-state index >= 15 is 0 Å². The third kappa shape index (κ3) is 3.44. The molecule has 2 fully saturated rings. The Bertz CT molecular complexity index is 184. The quantitative estimate of drug-likeness (QED) is 0.759. The van der Waals surface area contributed by atoms with Crippen molar-refractivity contribution in [3.8, 4) is 0 Å². The summed E-state index contributed by atoms with van der Waals surface area (Å²) in [5, 5.41) is 3.70. The molecular weight excluding hydrogens is 188 g/mol. The Kier molecular flexibility index (Phi) is 4.00. The minimum atomic E-state index is 0.331. The molecule has 0 aromatic heterocycles. The van der Waals surface area contributed by atoms with Crippen LogP contribution in [0.4, 0.5) is 0 Å². The van der Waals surface area contributed by atoms with Crippen molar-refractivity contribution in [2.75, 3.05) is 39.4 Å². The normalized spacial score (nSPS) is 27.0. The second kappa shape index (κ2) is 5.28. The van der Waals surface area contributed by atoms with Gasteiger partial charge in [-0.2, -0.15) is 0 Å². The van der Waals surface area contributed by atoms with Crippen LogP contribution in [-0.4, -0.2) is 49.8 Å². The van der Waals surface area contributed by atoms with Gasteiger partial charge in [-0.1, -0.05) is 0 Å². The maximum Gasteiger partial charge on any atom is 0.0483 e. The molecule has 0 bridgehead atoms. The van der Waals surface area contributed by atoms with Gasteiger partial charge in [-0.25, -0.2) is 0 Å². The highest BCUT2D eigenvalue weighted by molar-refractivity contribution is 4.85. The molecule has 0 atom stereocenters. The second-order valence-corrected chi connectivity index (χ2v) is 5.15. The van der Waals surface area contributed by atoms with Crippen molar-refractivity contribution in [3.05, 3.63) is 0 Å². The average molecular weight is 212 g/mol. The molecule has 0 radical (unpaired) electrons. The first-order valence-corrected chi connectivity index (χ1v) is 6.34. The van der Waals surface area contributed by atoms with Crippen LogP contribution in [0.15, 0.2) is 0 Å². The summed E-state index contributed by atoms with van der Waals surface area (Å²) >= 11 is 0. The van der Waals surface area contributed by atoms with Gasteiger partial charge in [0.1, 0.15) is 0 Å². The predicted molar refractivity (Wildman–Crippen MR) is 62.1 cm³/mol. The molecule has 2 saturated heterocycles. The van der Waals surface area contributed by atoms with E-state index in [-0.39, 0.29) is 0 Å². The van der Waals surface area contributed by atoms with Crippen LogP contribution in [0.25, 0.3) is 0 Å². The van der Waals surface area contributed by atoms with Crippen molar-refractivity contribution in [3.63, 3.8) is 0 Å². The third-order valence-electron chi connectivity index (χ3n) is 3.77. The molecule has 0 spiro atoms. The summed E-state index contributed by atoms with van der Waals surface area (Å²) in [4.78, 5) is 2.57. The smallest absolute Gasteiger partial charge is 0.0483 e. The molecule has 2 rings (SSSR count). The molecule has 0 amide bonds. The summed E-state index contributed by atoms with van der Waals surface area (Å²) in [5.74, 6) is 0. The third-order valence-corrected chi connectivity index (χ3v) is 3.77. The summed E-state index contributed by atoms with van der Waals surface area (Å²) in [6.07, 6.45) is 5.11. The fraction of sp³-hybridized carbons (Fsp3) is 1.00. The molecule has 0 aliphatic carbocycles. The lowest BCUT2D eigenvalue weighted by Gasteiger charge is -2.35. The van der Waals surface area contributed by atoms with E-state index in [9.17, 15) is 0 Å². The van der Waals surface area contributed by atoms with Crippen molar-refractivity contribution < 1.29 is 4.74 Å². The maximum atomic E-state index is 5.39. The number of nitrogens with one attached hydrogen (secondary N) is 1. The molecule has 2 aliphatic rings. The van der Waals surface area contributed by atoms with Crippen LogP contribution in [-0.2, 0) is 4.74 Å². The van der Waals surface area contributed by atoms with E-state index in [1.54, 1.807) is 0 Å². The van der Waals surface area contributed by atoms with Crippen LogP contribution < -0.4 is 5.32 Å². The first-order valence-electron chi connectivity index (χ1n) is 6.34. The van der Waals surface area contributed by atoms with Crippen LogP contribution in [0.5, 0.6) is 0 Å². The van der Waals surface area contributed by atoms with Crippen molar-refractivity contribution in [2.45, 2.75) is 38.1 Å². The minimum absolute atomic E-state index is 0.331.